The molecule has 1 heterocycles. The standard InChI is InChI=1S/C18H13FN2O3/c19-14-8-6-11(10-15(14)22)17(24)13-7-9-16(23)21(18(13)20)12-4-2-1-3-5-12/h1-10,22H,20H2. The van der Waals surface area contributed by atoms with E-state index in [0.29, 0.717) is 5.69 Å². The van der Waals surface area contributed by atoms with Crippen molar-refractivity contribution in [2.24, 2.45) is 0 Å². The van der Waals surface area contributed by atoms with Gasteiger partial charge in [0, 0.05) is 11.6 Å². The van der Waals surface area contributed by atoms with Crippen molar-refractivity contribution >= 4 is 11.6 Å². The number of hydrogen-bond acceptors (Lipinski definition) is 4. The number of phenols is 1. The SMILES string of the molecule is Nc1c(C(=O)c2ccc(F)c(O)c2)ccc(=O)n1-c1ccccc1. The molecule has 0 spiro atoms. The lowest BCUT2D eigenvalue weighted by molar-refractivity contribution is 0.103. The lowest BCUT2D eigenvalue weighted by Gasteiger charge is -2.13. The van der Waals surface area contributed by atoms with Crippen LogP contribution in [0.1, 0.15) is 15.9 Å². The van der Waals surface area contributed by atoms with Crippen molar-refractivity contribution in [3.8, 4) is 11.4 Å². The molecule has 3 rings (SSSR count). The topological polar surface area (TPSA) is 85.3 Å². The summed E-state index contributed by atoms with van der Waals surface area (Å²) in [6.45, 7) is 0. The number of aromatic hydroxyl groups is 1. The predicted molar refractivity (Wildman–Crippen MR) is 87.9 cm³/mol. The third-order valence-corrected chi connectivity index (χ3v) is 3.60. The molecule has 1 aromatic heterocycles. The van der Waals surface area contributed by atoms with Crippen molar-refractivity contribution in [3.05, 3.63) is 88.0 Å². The van der Waals surface area contributed by atoms with Gasteiger partial charge in [-0.2, -0.15) is 0 Å². The summed E-state index contributed by atoms with van der Waals surface area (Å²) in [7, 11) is 0. The first-order chi connectivity index (χ1) is 11.5. The van der Waals surface area contributed by atoms with Gasteiger partial charge < -0.3 is 10.8 Å². The molecule has 0 unspecified atom stereocenters. The highest BCUT2D eigenvalue weighted by Gasteiger charge is 2.18. The van der Waals surface area contributed by atoms with Gasteiger partial charge in [-0.1, -0.05) is 18.2 Å². The van der Waals surface area contributed by atoms with Crippen LogP contribution in [0.25, 0.3) is 5.69 Å². The lowest BCUT2D eigenvalue weighted by Crippen LogP contribution is -2.23. The molecule has 6 heteroatoms. The highest BCUT2D eigenvalue weighted by atomic mass is 19.1. The molecule has 0 amide bonds. The van der Waals surface area contributed by atoms with Crippen molar-refractivity contribution < 1.29 is 14.3 Å². The van der Waals surface area contributed by atoms with E-state index in [4.69, 9.17) is 5.73 Å². The minimum Gasteiger partial charge on any atom is -0.505 e. The number of nitrogens with two attached hydrogens (primary N) is 1. The van der Waals surface area contributed by atoms with E-state index >= 15 is 0 Å². The van der Waals surface area contributed by atoms with Gasteiger partial charge in [-0.05, 0) is 36.4 Å². The van der Waals surface area contributed by atoms with E-state index in [1.165, 1.54) is 22.8 Å². The molecule has 0 aliphatic carbocycles. The molecule has 3 aromatic rings. The van der Waals surface area contributed by atoms with Gasteiger partial charge in [0.25, 0.3) is 5.56 Å². The Hall–Kier alpha value is -3.41. The Labute approximate surface area is 136 Å². The fraction of sp³-hybridized carbons (Fsp3) is 0. The van der Waals surface area contributed by atoms with Crippen molar-refractivity contribution in [2.45, 2.75) is 0 Å². The molecule has 0 aliphatic heterocycles. The molecule has 120 valence electrons. The number of benzene rings is 2. The van der Waals surface area contributed by atoms with Crippen LogP contribution < -0.4 is 11.3 Å². The molecule has 0 saturated heterocycles. The quantitative estimate of drug-likeness (QED) is 0.725. The van der Waals surface area contributed by atoms with Crippen LogP contribution in [-0.2, 0) is 0 Å². The van der Waals surface area contributed by atoms with Gasteiger partial charge >= 0.3 is 0 Å². The van der Waals surface area contributed by atoms with Crippen molar-refractivity contribution in [1.29, 1.82) is 0 Å². The van der Waals surface area contributed by atoms with Crippen LogP contribution >= 0.6 is 0 Å². The summed E-state index contributed by atoms with van der Waals surface area (Å²) in [5, 5.41) is 9.43. The smallest absolute Gasteiger partial charge is 0.256 e. The first-order valence-electron chi connectivity index (χ1n) is 7.09. The van der Waals surface area contributed by atoms with Crippen LogP contribution in [0.3, 0.4) is 0 Å². The van der Waals surface area contributed by atoms with Crippen LogP contribution in [0.4, 0.5) is 10.2 Å². The van der Waals surface area contributed by atoms with Gasteiger partial charge in [0.05, 0.1) is 11.3 Å². The Bertz CT molecular complexity index is 981. The summed E-state index contributed by atoms with van der Waals surface area (Å²) in [5.41, 5.74) is 6.33. The van der Waals surface area contributed by atoms with Gasteiger partial charge in [-0.25, -0.2) is 4.39 Å². The maximum absolute atomic E-state index is 13.2. The number of carbonyl (C=O) groups excluding carboxylic acids is 1. The van der Waals surface area contributed by atoms with Gasteiger partial charge in [-0.15, -0.1) is 0 Å². The van der Waals surface area contributed by atoms with E-state index < -0.39 is 17.3 Å². The van der Waals surface area contributed by atoms with Crippen LogP contribution in [0.15, 0.2) is 65.5 Å². The van der Waals surface area contributed by atoms with Gasteiger partial charge in [0.2, 0.25) is 0 Å². The average molecular weight is 324 g/mol. The largest absolute Gasteiger partial charge is 0.505 e. The van der Waals surface area contributed by atoms with Crippen LogP contribution in [0.5, 0.6) is 5.75 Å². The number of carbonyl (C=O) groups is 1. The highest BCUT2D eigenvalue weighted by Crippen LogP contribution is 2.22. The minimum atomic E-state index is -0.825. The summed E-state index contributed by atoms with van der Waals surface area (Å²) in [5.74, 6) is -2.00. The number of halogens is 1. The summed E-state index contributed by atoms with van der Waals surface area (Å²) < 4.78 is 14.4. The second-order valence-corrected chi connectivity index (χ2v) is 5.14. The van der Waals surface area contributed by atoms with Gasteiger partial charge in [0.15, 0.2) is 17.3 Å². The predicted octanol–water partition coefficient (Wildman–Crippen LogP) is 2.50. The molecule has 5 nitrogen and oxygen atoms in total. The Balaban J connectivity index is 2.14. The second kappa shape index (κ2) is 6.00. The number of aromatic nitrogens is 1. The number of para-hydroxylation sites is 1. The average Bonchev–Trinajstić information content (AvgIpc) is 2.58. The van der Waals surface area contributed by atoms with Gasteiger partial charge in [-0.3, -0.25) is 14.2 Å². The normalized spacial score (nSPS) is 10.5. The van der Waals surface area contributed by atoms with Crippen LogP contribution in [0, 0.1) is 5.82 Å². The number of nitrogen functional groups attached to an aromatic ring is 1. The number of rotatable bonds is 3. The third-order valence-electron chi connectivity index (χ3n) is 3.60. The number of ketones is 1. The molecule has 0 fully saturated rings. The van der Waals surface area contributed by atoms with E-state index in [2.05, 4.69) is 0 Å². The fourth-order valence-corrected chi connectivity index (χ4v) is 2.40. The summed E-state index contributed by atoms with van der Waals surface area (Å²) >= 11 is 0. The maximum Gasteiger partial charge on any atom is 0.256 e. The number of anilines is 1. The van der Waals surface area contributed by atoms with Crippen LogP contribution in [0.2, 0.25) is 0 Å². The van der Waals surface area contributed by atoms with Crippen molar-refractivity contribution in [3.63, 3.8) is 0 Å². The van der Waals surface area contributed by atoms with Crippen LogP contribution in [-0.4, -0.2) is 15.5 Å². The Kier molecular flexibility index (Phi) is 3.87. The van der Waals surface area contributed by atoms with E-state index in [9.17, 15) is 19.1 Å². The van der Waals surface area contributed by atoms with Crippen molar-refractivity contribution in [2.75, 3.05) is 5.73 Å². The number of phenolic OH excluding ortho intramolecular Hbond substituents is 1. The molecule has 2 aromatic carbocycles. The Morgan fingerprint density at radius 1 is 1.04 bits per heavy atom. The number of hydrogen-bond donors (Lipinski definition) is 2. The zero-order valence-corrected chi connectivity index (χ0v) is 12.4. The van der Waals surface area contributed by atoms with Gasteiger partial charge in [0.1, 0.15) is 5.82 Å². The second-order valence-electron chi connectivity index (χ2n) is 5.14. The molecule has 0 aliphatic rings. The third kappa shape index (κ3) is 2.65. The molecule has 0 saturated carbocycles. The van der Waals surface area contributed by atoms with Crippen molar-refractivity contribution in [1.82, 2.24) is 4.57 Å². The maximum atomic E-state index is 13.2. The molecule has 3 N–H and O–H groups in total. The van der Waals surface area contributed by atoms with E-state index in [1.54, 1.807) is 30.3 Å². The van der Waals surface area contributed by atoms with E-state index in [0.717, 1.165) is 12.1 Å². The molecular weight excluding hydrogens is 311 g/mol. The zero-order valence-electron chi connectivity index (χ0n) is 12.4. The number of nitrogens with zero attached hydrogens (tertiary/aromatic N) is 1. The molecule has 0 atom stereocenters. The fourth-order valence-electron chi connectivity index (χ4n) is 2.40. The highest BCUT2D eigenvalue weighted by molar-refractivity contribution is 6.11. The zero-order chi connectivity index (χ0) is 17.3. The first-order valence-corrected chi connectivity index (χ1v) is 7.09. The molecular formula is C18H13FN2O3. The Morgan fingerprint density at radius 2 is 1.75 bits per heavy atom. The molecule has 0 radical (unpaired) electrons. The lowest BCUT2D eigenvalue weighted by atomic mass is 10.0. The monoisotopic (exact) mass is 324 g/mol. The minimum absolute atomic E-state index is 0.0254. The van der Waals surface area contributed by atoms with E-state index in [1.807, 2.05) is 0 Å². The molecule has 24 heavy (non-hydrogen) atoms. The van der Waals surface area contributed by atoms with E-state index in [-0.39, 0.29) is 22.5 Å². The Morgan fingerprint density at radius 3 is 2.42 bits per heavy atom. The summed E-state index contributed by atoms with van der Waals surface area (Å²) in [6, 6.07) is 14.5. The number of pyridine rings is 1. The summed E-state index contributed by atoms with van der Waals surface area (Å²) in [4.78, 5) is 24.7. The first kappa shape index (κ1) is 15.5. The summed E-state index contributed by atoms with van der Waals surface area (Å²) in [6.07, 6.45) is 0. The molecule has 0 bridgehead atoms.